The second kappa shape index (κ2) is 2.77. The lowest BCUT2D eigenvalue weighted by Gasteiger charge is -2.02. The normalized spacial score (nSPS) is 16.8. The van der Waals surface area contributed by atoms with Gasteiger partial charge in [0.25, 0.3) is 0 Å². The number of aromatic nitrogens is 2. The maximum atomic E-state index is 5.44. The third-order valence-electron chi connectivity index (χ3n) is 1.78. The highest BCUT2D eigenvalue weighted by Crippen LogP contribution is 2.24. The second-order valence-corrected chi connectivity index (χ2v) is 3.10. The number of hydrogen-bond donors (Lipinski definition) is 1. The van der Waals surface area contributed by atoms with Crippen molar-refractivity contribution in [3.63, 3.8) is 0 Å². The van der Waals surface area contributed by atoms with Crippen LogP contribution in [0.1, 0.15) is 12.8 Å². The summed E-state index contributed by atoms with van der Waals surface area (Å²) in [5.41, 5.74) is 0. The number of rotatable bonds is 0. The molecule has 0 aromatic carbocycles. The topological polar surface area (TPSA) is 27.1 Å². The Balaban J connectivity index is 2.35. The van der Waals surface area contributed by atoms with Crippen LogP contribution in [0.5, 0.6) is 5.88 Å². The van der Waals surface area contributed by atoms with Crippen molar-refractivity contribution >= 4 is 12.6 Å². The molecule has 3 nitrogen and oxygen atoms in total. The minimum absolute atomic E-state index is 0.791. The molecule has 0 bridgehead atoms. The van der Waals surface area contributed by atoms with Gasteiger partial charge in [0.15, 0.2) is 0 Å². The van der Waals surface area contributed by atoms with Crippen LogP contribution in [0.2, 0.25) is 0 Å². The van der Waals surface area contributed by atoms with E-state index in [-0.39, 0.29) is 0 Å². The van der Waals surface area contributed by atoms with Gasteiger partial charge >= 0.3 is 0 Å². The summed E-state index contributed by atoms with van der Waals surface area (Å²) in [6, 6.07) is 0. The third kappa shape index (κ3) is 1.22. The number of hydrogen-bond acceptors (Lipinski definition) is 3. The molecule has 0 radical (unpaired) electrons. The van der Waals surface area contributed by atoms with Gasteiger partial charge in [-0.1, -0.05) is 0 Å². The quantitative estimate of drug-likeness (QED) is 0.595. The standard InChI is InChI=1S/C7H10N2OS/c11-6-5-8-9-3-1-2-4-10-7(6)9/h5,11H,1-4H2. The van der Waals surface area contributed by atoms with Gasteiger partial charge in [-0.3, -0.25) is 0 Å². The van der Waals surface area contributed by atoms with Crippen LogP contribution in [0.25, 0.3) is 0 Å². The number of fused-ring (bicyclic) bond motifs is 1. The molecular weight excluding hydrogens is 160 g/mol. The fourth-order valence-electron chi connectivity index (χ4n) is 1.20. The monoisotopic (exact) mass is 170 g/mol. The summed E-state index contributed by atoms with van der Waals surface area (Å²) in [5.74, 6) is 0.825. The van der Waals surface area contributed by atoms with E-state index in [4.69, 9.17) is 4.74 Å². The lowest BCUT2D eigenvalue weighted by Crippen LogP contribution is -1.99. The smallest absolute Gasteiger partial charge is 0.225 e. The Morgan fingerprint density at radius 2 is 2.45 bits per heavy atom. The van der Waals surface area contributed by atoms with Crippen molar-refractivity contribution in [2.45, 2.75) is 24.3 Å². The van der Waals surface area contributed by atoms with Crippen molar-refractivity contribution in [2.75, 3.05) is 6.61 Å². The van der Waals surface area contributed by atoms with Gasteiger partial charge in [-0.25, -0.2) is 4.68 Å². The molecule has 0 atom stereocenters. The van der Waals surface area contributed by atoms with Crippen molar-refractivity contribution in [3.05, 3.63) is 6.20 Å². The van der Waals surface area contributed by atoms with E-state index in [1.165, 1.54) is 0 Å². The van der Waals surface area contributed by atoms with Gasteiger partial charge < -0.3 is 4.74 Å². The fraction of sp³-hybridized carbons (Fsp3) is 0.571. The van der Waals surface area contributed by atoms with Crippen LogP contribution >= 0.6 is 12.6 Å². The Bertz CT molecular complexity index is 259. The molecule has 1 aliphatic heterocycles. The molecule has 0 fully saturated rings. The maximum Gasteiger partial charge on any atom is 0.225 e. The van der Waals surface area contributed by atoms with E-state index in [9.17, 15) is 0 Å². The fourth-order valence-corrected chi connectivity index (χ4v) is 1.44. The summed E-state index contributed by atoms with van der Waals surface area (Å²) in [4.78, 5) is 0.840. The zero-order valence-corrected chi connectivity index (χ0v) is 7.05. The highest BCUT2D eigenvalue weighted by atomic mass is 32.1. The average Bonchev–Trinajstić information content (AvgIpc) is 2.25. The third-order valence-corrected chi connectivity index (χ3v) is 2.08. The maximum absolute atomic E-state index is 5.44. The van der Waals surface area contributed by atoms with E-state index in [0.29, 0.717) is 0 Å². The first-order chi connectivity index (χ1) is 5.38. The zero-order chi connectivity index (χ0) is 7.68. The molecule has 1 aliphatic rings. The second-order valence-electron chi connectivity index (χ2n) is 2.61. The van der Waals surface area contributed by atoms with Crippen molar-refractivity contribution < 1.29 is 4.74 Å². The highest BCUT2D eigenvalue weighted by molar-refractivity contribution is 7.80. The van der Waals surface area contributed by atoms with Gasteiger partial charge in [-0.2, -0.15) is 5.10 Å². The molecule has 0 aliphatic carbocycles. The van der Waals surface area contributed by atoms with Crippen molar-refractivity contribution in [1.82, 2.24) is 9.78 Å². The van der Waals surface area contributed by atoms with Gasteiger partial charge in [0.2, 0.25) is 5.88 Å². The summed E-state index contributed by atoms with van der Waals surface area (Å²) in [5, 5.41) is 4.13. The van der Waals surface area contributed by atoms with Crippen molar-refractivity contribution in [1.29, 1.82) is 0 Å². The molecule has 60 valence electrons. The molecule has 1 aromatic rings. The van der Waals surface area contributed by atoms with Crippen molar-refractivity contribution in [2.24, 2.45) is 0 Å². The minimum Gasteiger partial charge on any atom is -0.477 e. The Hall–Kier alpha value is -0.640. The van der Waals surface area contributed by atoms with Crippen LogP contribution in [0.15, 0.2) is 11.1 Å². The van der Waals surface area contributed by atoms with Crippen LogP contribution < -0.4 is 4.74 Å². The SMILES string of the molecule is Sc1cnn2c1OCCCC2. The predicted molar refractivity (Wildman–Crippen MR) is 44.2 cm³/mol. The lowest BCUT2D eigenvalue weighted by molar-refractivity contribution is 0.296. The Kier molecular flexibility index (Phi) is 1.77. The number of thiol groups is 1. The first-order valence-corrected chi connectivity index (χ1v) is 4.20. The first kappa shape index (κ1) is 7.03. The summed E-state index contributed by atoms with van der Waals surface area (Å²) in [7, 11) is 0. The van der Waals surface area contributed by atoms with Gasteiger partial charge in [-0.15, -0.1) is 12.6 Å². The van der Waals surface area contributed by atoms with E-state index in [2.05, 4.69) is 17.7 Å². The Labute approximate surface area is 70.8 Å². The number of nitrogens with zero attached hydrogens (tertiary/aromatic N) is 2. The van der Waals surface area contributed by atoms with Crippen LogP contribution in [0.3, 0.4) is 0 Å². The van der Waals surface area contributed by atoms with E-state index in [1.54, 1.807) is 6.20 Å². The summed E-state index contributed by atoms with van der Waals surface area (Å²) in [6.45, 7) is 1.75. The van der Waals surface area contributed by atoms with Crippen LogP contribution in [0.4, 0.5) is 0 Å². The highest BCUT2D eigenvalue weighted by Gasteiger charge is 2.11. The molecule has 0 saturated heterocycles. The summed E-state index contributed by atoms with van der Waals surface area (Å²) < 4.78 is 7.31. The molecule has 0 N–H and O–H groups in total. The van der Waals surface area contributed by atoms with Gasteiger partial charge in [0, 0.05) is 6.54 Å². The van der Waals surface area contributed by atoms with E-state index in [1.807, 2.05) is 4.68 Å². The Morgan fingerprint density at radius 3 is 3.36 bits per heavy atom. The molecule has 11 heavy (non-hydrogen) atoms. The Morgan fingerprint density at radius 1 is 1.55 bits per heavy atom. The van der Waals surface area contributed by atoms with Crippen LogP contribution in [0, 0.1) is 0 Å². The molecule has 2 rings (SSSR count). The summed E-state index contributed by atoms with van der Waals surface area (Å²) in [6.07, 6.45) is 3.97. The average molecular weight is 170 g/mol. The largest absolute Gasteiger partial charge is 0.477 e. The van der Waals surface area contributed by atoms with E-state index < -0.39 is 0 Å². The molecule has 0 saturated carbocycles. The first-order valence-electron chi connectivity index (χ1n) is 3.75. The van der Waals surface area contributed by atoms with E-state index >= 15 is 0 Å². The molecule has 0 spiro atoms. The minimum atomic E-state index is 0.791. The molecule has 4 heteroatoms. The van der Waals surface area contributed by atoms with E-state index in [0.717, 1.165) is 36.8 Å². The molecule has 2 heterocycles. The van der Waals surface area contributed by atoms with Crippen LogP contribution in [-0.4, -0.2) is 16.4 Å². The molecular formula is C7H10N2OS. The summed E-state index contributed by atoms with van der Waals surface area (Å²) >= 11 is 4.23. The van der Waals surface area contributed by atoms with Gasteiger partial charge in [0.05, 0.1) is 17.7 Å². The predicted octanol–water partition coefficient (Wildman–Crippen LogP) is 1.34. The lowest BCUT2D eigenvalue weighted by atomic mass is 10.3. The number of aryl methyl sites for hydroxylation is 1. The molecule has 0 unspecified atom stereocenters. The number of ether oxygens (including phenoxy) is 1. The van der Waals surface area contributed by atoms with Crippen LogP contribution in [-0.2, 0) is 6.54 Å². The zero-order valence-electron chi connectivity index (χ0n) is 6.16. The van der Waals surface area contributed by atoms with Gasteiger partial charge in [0.1, 0.15) is 0 Å². The van der Waals surface area contributed by atoms with Crippen molar-refractivity contribution in [3.8, 4) is 5.88 Å². The molecule has 0 amide bonds. The van der Waals surface area contributed by atoms with Gasteiger partial charge in [-0.05, 0) is 12.8 Å². The molecule has 1 aromatic heterocycles.